The number of anilines is 2. The number of hydrogen-bond donors (Lipinski definition) is 3. The first-order valence-electron chi connectivity index (χ1n) is 10.3. The van der Waals surface area contributed by atoms with Gasteiger partial charge in [-0.3, -0.25) is 4.79 Å². The van der Waals surface area contributed by atoms with Crippen molar-refractivity contribution in [1.29, 1.82) is 0 Å². The minimum absolute atomic E-state index is 0.204. The Morgan fingerprint density at radius 3 is 2.53 bits per heavy atom. The molecule has 0 aliphatic rings. The Bertz CT molecular complexity index is 1050. The highest BCUT2D eigenvalue weighted by Gasteiger charge is 2.27. The topological polar surface area (TPSA) is 106 Å². The number of aromatic nitrogens is 2. The van der Waals surface area contributed by atoms with Gasteiger partial charge >= 0.3 is 0 Å². The number of hydrogen-bond acceptors (Lipinski definition) is 7. The van der Waals surface area contributed by atoms with Crippen molar-refractivity contribution in [2.45, 2.75) is 38.6 Å². The first-order valence-corrected chi connectivity index (χ1v) is 11.1. The Hall–Kier alpha value is -2.91. The van der Waals surface area contributed by atoms with Crippen molar-refractivity contribution in [3.63, 3.8) is 0 Å². The molecule has 1 unspecified atom stereocenters. The fourth-order valence-corrected chi connectivity index (χ4v) is 3.22. The summed E-state index contributed by atoms with van der Waals surface area (Å²) >= 11 is 1.42. The van der Waals surface area contributed by atoms with E-state index in [9.17, 15) is 9.18 Å². The predicted octanol–water partition coefficient (Wildman–Crippen LogP) is 5.45. The van der Waals surface area contributed by atoms with E-state index in [4.69, 9.17) is 10.3 Å². The first-order chi connectivity index (χ1) is 15.2. The summed E-state index contributed by atoms with van der Waals surface area (Å²) in [5.74, 6) is 0.770. The maximum atomic E-state index is 13.0. The first kappa shape index (κ1) is 23.7. The smallest absolute Gasteiger partial charge is 0.244 e. The largest absolute Gasteiger partial charge is 0.337 e. The molecule has 1 heterocycles. The van der Waals surface area contributed by atoms with Crippen LogP contribution in [-0.2, 0) is 4.79 Å². The average Bonchev–Trinajstić information content (AvgIpc) is 3.28. The molecule has 0 aliphatic heterocycles. The number of nitrogens with one attached hydrogen (secondary N) is 2. The number of nitrogens with two attached hydrogens (primary N) is 1. The molecule has 2 aromatic carbocycles. The molecule has 32 heavy (non-hydrogen) atoms. The Kier molecular flexibility index (Phi) is 7.52. The summed E-state index contributed by atoms with van der Waals surface area (Å²) in [6, 6.07) is 14.7. The van der Waals surface area contributed by atoms with Gasteiger partial charge in [-0.15, -0.1) is 0 Å². The van der Waals surface area contributed by atoms with Gasteiger partial charge in [-0.1, -0.05) is 25.1 Å². The summed E-state index contributed by atoms with van der Waals surface area (Å²) in [4.78, 5) is 17.6. The van der Waals surface area contributed by atoms with Crippen LogP contribution in [0.5, 0.6) is 0 Å². The van der Waals surface area contributed by atoms with Crippen molar-refractivity contribution < 1.29 is 13.7 Å². The van der Waals surface area contributed by atoms with Crippen molar-refractivity contribution in [3.8, 4) is 11.4 Å². The molecule has 3 rings (SSSR count). The van der Waals surface area contributed by atoms with Crippen molar-refractivity contribution in [3.05, 3.63) is 54.4 Å². The van der Waals surface area contributed by atoms with Crippen LogP contribution in [0.3, 0.4) is 0 Å². The molecule has 3 aromatic rings. The van der Waals surface area contributed by atoms with Crippen LogP contribution in [-0.4, -0.2) is 22.7 Å². The van der Waals surface area contributed by atoms with Gasteiger partial charge < -0.3 is 20.3 Å². The van der Waals surface area contributed by atoms with Gasteiger partial charge in [0.2, 0.25) is 17.6 Å². The highest BCUT2D eigenvalue weighted by molar-refractivity contribution is 8.00. The zero-order chi connectivity index (χ0) is 23.3. The van der Waals surface area contributed by atoms with E-state index in [1.54, 1.807) is 26.0 Å². The molecular formula is C23H28FN5O2S. The lowest BCUT2D eigenvalue weighted by Crippen LogP contribution is -2.32. The van der Waals surface area contributed by atoms with Crippen molar-refractivity contribution in [2.75, 3.05) is 16.7 Å². The third-order valence-electron chi connectivity index (χ3n) is 4.91. The summed E-state index contributed by atoms with van der Waals surface area (Å²) in [5, 5.41) is 6.78. The van der Waals surface area contributed by atoms with E-state index in [0.29, 0.717) is 17.4 Å². The van der Waals surface area contributed by atoms with Crippen LogP contribution in [0.25, 0.3) is 11.4 Å². The Balaban J connectivity index is 1.61. The van der Waals surface area contributed by atoms with Gasteiger partial charge in [0, 0.05) is 21.8 Å². The second-order valence-corrected chi connectivity index (χ2v) is 9.39. The summed E-state index contributed by atoms with van der Waals surface area (Å²) < 4.78 is 21.6. The quantitative estimate of drug-likeness (QED) is 0.367. The number of halogens is 1. The number of amides is 1. The number of carbonyl (C=O) groups is 1. The van der Waals surface area contributed by atoms with Gasteiger partial charge in [0.1, 0.15) is 6.67 Å². The average molecular weight is 458 g/mol. The second-order valence-electron chi connectivity index (χ2n) is 8.51. The molecule has 1 amide bonds. The van der Waals surface area contributed by atoms with Gasteiger partial charge in [0.05, 0.1) is 11.5 Å². The summed E-state index contributed by atoms with van der Waals surface area (Å²) in [6.45, 7) is 6.42. The SMILES string of the molecule is CC(C)C(N)c1nc(-c2ccc(SNc3cccc(NC(=O)C(C)(C)CF)c3)cc2)no1. The number of benzene rings is 2. The molecule has 1 aromatic heterocycles. The lowest BCUT2D eigenvalue weighted by molar-refractivity contribution is -0.124. The standard InChI is InChI=1S/C23H28FN5O2S/c1-14(2)19(25)21-27-20(28-31-21)15-8-10-18(11-9-15)32-29-17-7-5-6-16(12-17)26-22(30)23(3,4)13-24/h5-12,14,19,29H,13,25H2,1-4H3,(H,26,30). The van der Waals surface area contributed by atoms with Crippen LogP contribution in [0.15, 0.2) is 57.9 Å². The van der Waals surface area contributed by atoms with Gasteiger partial charge in [-0.05, 0) is 74.2 Å². The molecule has 0 bridgehead atoms. The molecule has 0 fully saturated rings. The van der Waals surface area contributed by atoms with Crippen LogP contribution in [0.4, 0.5) is 15.8 Å². The Morgan fingerprint density at radius 1 is 1.19 bits per heavy atom. The monoisotopic (exact) mass is 457 g/mol. The molecule has 4 N–H and O–H groups in total. The van der Waals surface area contributed by atoms with E-state index in [1.807, 2.05) is 50.2 Å². The summed E-state index contributed by atoms with van der Waals surface area (Å²) in [5.41, 5.74) is 7.24. The molecule has 0 saturated carbocycles. The zero-order valence-corrected chi connectivity index (χ0v) is 19.4. The van der Waals surface area contributed by atoms with E-state index in [1.165, 1.54) is 11.9 Å². The molecule has 1 atom stereocenters. The molecule has 0 spiro atoms. The zero-order valence-electron chi connectivity index (χ0n) is 18.6. The van der Waals surface area contributed by atoms with E-state index >= 15 is 0 Å². The maximum Gasteiger partial charge on any atom is 0.244 e. The van der Waals surface area contributed by atoms with Gasteiger partial charge in [-0.25, -0.2) is 4.39 Å². The third kappa shape index (κ3) is 5.86. The molecule has 9 heteroatoms. The number of nitrogens with zero attached hydrogens (tertiary/aromatic N) is 2. The fraction of sp³-hybridized carbons (Fsp3) is 0.348. The van der Waals surface area contributed by atoms with Crippen LogP contribution in [0, 0.1) is 11.3 Å². The minimum Gasteiger partial charge on any atom is -0.337 e. The molecular weight excluding hydrogens is 429 g/mol. The third-order valence-corrected chi connectivity index (χ3v) is 5.76. The second kappa shape index (κ2) is 10.1. The minimum atomic E-state index is -1.07. The maximum absolute atomic E-state index is 13.0. The molecule has 7 nitrogen and oxygen atoms in total. The van der Waals surface area contributed by atoms with E-state index < -0.39 is 12.1 Å². The number of carbonyl (C=O) groups excluding carboxylic acids is 1. The van der Waals surface area contributed by atoms with Gasteiger partial charge in [-0.2, -0.15) is 4.98 Å². The molecule has 170 valence electrons. The molecule has 0 aliphatic carbocycles. The van der Waals surface area contributed by atoms with Gasteiger partial charge in [0.25, 0.3) is 0 Å². The van der Waals surface area contributed by atoms with Crippen molar-refractivity contribution >= 4 is 29.2 Å². The van der Waals surface area contributed by atoms with Crippen LogP contribution in [0.2, 0.25) is 0 Å². The lowest BCUT2D eigenvalue weighted by atomic mass is 9.94. The van der Waals surface area contributed by atoms with Crippen molar-refractivity contribution in [2.24, 2.45) is 17.1 Å². The Morgan fingerprint density at radius 2 is 1.88 bits per heavy atom. The van der Waals surface area contributed by atoms with E-state index in [-0.39, 0.29) is 17.9 Å². The number of rotatable bonds is 9. The molecule has 0 saturated heterocycles. The summed E-state index contributed by atoms with van der Waals surface area (Å²) in [6.07, 6.45) is 0. The van der Waals surface area contributed by atoms with Gasteiger partial charge in [0.15, 0.2) is 0 Å². The van der Waals surface area contributed by atoms with Crippen LogP contribution < -0.4 is 15.8 Å². The van der Waals surface area contributed by atoms with E-state index in [0.717, 1.165) is 16.1 Å². The van der Waals surface area contributed by atoms with Crippen LogP contribution in [0.1, 0.15) is 39.6 Å². The van der Waals surface area contributed by atoms with E-state index in [2.05, 4.69) is 20.2 Å². The predicted molar refractivity (Wildman–Crippen MR) is 126 cm³/mol. The summed E-state index contributed by atoms with van der Waals surface area (Å²) in [7, 11) is 0. The van der Waals surface area contributed by atoms with Crippen LogP contribution >= 0.6 is 11.9 Å². The highest BCUT2D eigenvalue weighted by Crippen LogP contribution is 2.27. The lowest BCUT2D eigenvalue weighted by Gasteiger charge is -2.19. The highest BCUT2D eigenvalue weighted by atomic mass is 32.2. The molecule has 0 radical (unpaired) electrons. The number of alkyl halides is 1. The normalized spacial score (nSPS) is 12.6. The van der Waals surface area contributed by atoms with Crippen molar-refractivity contribution in [1.82, 2.24) is 10.1 Å². The Labute approximate surface area is 191 Å². The fourth-order valence-electron chi connectivity index (χ4n) is 2.58.